The fourth-order valence-corrected chi connectivity index (χ4v) is 2.06. The molecule has 0 aromatic rings. The van der Waals surface area contributed by atoms with Gasteiger partial charge in [-0.2, -0.15) is 26.3 Å². The van der Waals surface area contributed by atoms with Crippen LogP contribution in [0.5, 0.6) is 0 Å². The van der Waals surface area contributed by atoms with Crippen LogP contribution in [0.3, 0.4) is 0 Å². The summed E-state index contributed by atoms with van der Waals surface area (Å²) in [5, 5.41) is 0. The number of hydrogen-bond donors (Lipinski definition) is 0. The Bertz CT molecular complexity index is 442. The summed E-state index contributed by atoms with van der Waals surface area (Å²) < 4.78 is 90.9. The molecule has 0 amide bonds. The van der Waals surface area contributed by atoms with Crippen molar-refractivity contribution in [3.63, 3.8) is 0 Å². The molecule has 23 heavy (non-hydrogen) atoms. The van der Waals surface area contributed by atoms with Crippen LogP contribution < -0.4 is 0 Å². The Morgan fingerprint density at radius 3 is 2.13 bits per heavy atom. The second-order valence-corrected chi connectivity index (χ2v) is 5.28. The maximum absolute atomic E-state index is 12.9. The van der Waals surface area contributed by atoms with Gasteiger partial charge in [0.1, 0.15) is 6.61 Å². The predicted molar refractivity (Wildman–Crippen MR) is 65.2 cm³/mol. The highest BCUT2D eigenvalue weighted by molar-refractivity contribution is 5.86. The highest BCUT2D eigenvalue weighted by Gasteiger charge is 2.76. The van der Waals surface area contributed by atoms with Gasteiger partial charge in [0.15, 0.2) is 6.29 Å². The summed E-state index contributed by atoms with van der Waals surface area (Å²) in [5.41, 5.74) is -4.15. The molecule has 0 radical (unpaired) electrons. The number of carbonyl (C=O) groups excluding carboxylic acids is 1. The molecule has 1 fully saturated rings. The normalized spacial score (nSPS) is 24.5. The van der Waals surface area contributed by atoms with Crippen LogP contribution in [-0.4, -0.2) is 43.4 Å². The minimum Gasteiger partial charge on any atom is -0.460 e. The van der Waals surface area contributed by atoms with Gasteiger partial charge in [0.05, 0.1) is 6.61 Å². The second kappa shape index (κ2) is 6.68. The molecule has 0 N–H and O–H groups in total. The third-order valence-electron chi connectivity index (χ3n) is 3.25. The van der Waals surface area contributed by atoms with E-state index in [4.69, 9.17) is 4.74 Å². The molecular formula is C13H16F6O4. The molecule has 1 aliphatic rings. The number of alkyl halides is 6. The molecule has 0 aliphatic carbocycles. The lowest BCUT2D eigenvalue weighted by molar-refractivity contribution is -0.388. The fourth-order valence-electron chi connectivity index (χ4n) is 2.06. The number of halogens is 6. The van der Waals surface area contributed by atoms with Crippen LogP contribution in [0.15, 0.2) is 12.2 Å². The van der Waals surface area contributed by atoms with Crippen molar-refractivity contribution in [1.29, 1.82) is 0 Å². The summed E-state index contributed by atoms with van der Waals surface area (Å²) in [5.74, 6) is -1.89. The topological polar surface area (TPSA) is 44.8 Å². The summed E-state index contributed by atoms with van der Waals surface area (Å²) in [6.07, 6.45) is -14.2. The van der Waals surface area contributed by atoms with Crippen molar-refractivity contribution >= 4 is 5.97 Å². The van der Waals surface area contributed by atoms with Crippen LogP contribution in [-0.2, 0) is 19.0 Å². The van der Waals surface area contributed by atoms with E-state index in [-0.39, 0.29) is 12.2 Å². The average molecular weight is 350 g/mol. The quantitative estimate of drug-likeness (QED) is 0.330. The molecule has 1 rings (SSSR count). The highest BCUT2D eigenvalue weighted by Crippen LogP contribution is 2.54. The van der Waals surface area contributed by atoms with Gasteiger partial charge >= 0.3 is 18.3 Å². The zero-order valence-corrected chi connectivity index (χ0v) is 12.4. The smallest absolute Gasteiger partial charge is 0.426 e. The van der Waals surface area contributed by atoms with Gasteiger partial charge in [-0.25, -0.2) is 4.79 Å². The molecule has 1 heterocycles. The van der Waals surface area contributed by atoms with Gasteiger partial charge in [-0.3, -0.25) is 0 Å². The minimum atomic E-state index is -5.62. The van der Waals surface area contributed by atoms with Crippen molar-refractivity contribution in [1.82, 2.24) is 0 Å². The number of carbonyl (C=O) groups is 1. The SMILES string of the molecule is C=C(C)C(=O)OCCOC1OC(C(F)(F)F)(C(F)(F)F)CC1C. The van der Waals surface area contributed by atoms with Gasteiger partial charge in [0.2, 0.25) is 0 Å². The Balaban J connectivity index is 2.67. The van der Waals surface area contributed by atoms with Gasteiger partial charge in [-0.15, -0.1) is 0 Å². The predicted octanol–water partition coefficient (Wildman–Crippen LogP) is 3.37. The summed E-state index contributed by atoms with van der Waals surface area (Å²) in [7, 11) is 0. The number of ether oxygens (including phenoxy) is 3. The summed E-state index contributed by atoms with van der Waals surface area (Å²) in [6.45, 7) is 5.10. The molecule has 0 aromatic carbocycles. The molecule has 0 spiro atoms. The lowest BCUT2D eigenvalue weighted by atomic mass is 9.93. The van der Waals surface area contributed by atoms with Crippen LogP contribution in [0.25, 0.3) is 0 Å². The maximum Gasteiger partial charge on any atom is 0.426 e. The lowest BCUT2D eigenvalue weighted by Crippen LogP contribution is -2.56. The maximum atomic E-state index is 12.9. The lowest BCUT2D eigenvalue weighted by Gasteiger charge is -2.33. The van der Waals surface area contributed by atoms with Crippen molar-refractivity contribution in [3.05, 3.63) is 12.2 Å². The van der Waals surface area contributed by atoms with Gasteiger partial charge in [-0.1, -0.05) is 13.5 Å². The van der Waals surface area contributed by atoms with E-state index in [2.05, 4.69) is 16.1 Å². The van der Waals surface area contributed by atoms with Gasteiger partial charge in [0.25, 0.3) is 5.60 Å². The second-order valence-electron chi connectivity index (χ2n) is 5.28. The molecule has 0 bridgehead atoms. The van der Waals surface area contributed by atoms with Crippen molar-refractivity contribution in [2.45, 2.75) is 44.5 Å². The first-order valence-corrected chi connectivity index (χ1v) is 6.57. The zero-order valence-electron chi connectivity index (χ0n) is 12.4. The number of esters is 1. The first kappa shape index (κ1) is 19.8. The summed E-state index contributed by atoms with van der Waals surface area (Å²) >= 11 is 0. The molecule has 10 heteroatoms. The minimum absolute atomic E-state index is 0.101. The van der Waals surface area contributed by atoms with E-state index in [0.717, 1.165) is 6.92 Å². The standard InChI is InChI=1S/C13H16F6O4/c1-7(2)9(20)21-4-5-22-10-8(3)6-11(23-10,12(14,15)16)13(17,18)19/h8,10H,1,4-6H2,2-3H3. The zero-order chi connectivity index (χ0) is 18.1. The van der Waals surface area contributed by atoms with Crippen molar-refractivity contribution < 1.29 is 45.3 Å². The van der Waals surface area contributed by atoms with Crippen LogP contribution in [0.1, 0.15) is 20.3 Å². The molecular weight excluding hydrogens is 334 g/mol. The molecule has 1 aliphatic heterocycles. The van der Waals surface area contributed by atoms with Gasteiger partial charge in [0, 0.05) is 17.9 Å². The van der Waals surface area contributed by atoms with E-state index in [1.807, 2.05) is 0 Å². The van der Waals surface area contributed by atoms with Gasteiger partial charge in [-0.05, 0) is 6.92 Å². The van der Waals surface area contributed by atoms with Crippen LogP contribution in [0.4, 0.5) is 26.3 Å². The number of rotatable bonds is 5. The Morgan fingerprint density at radius 2 is 1.74 bits per heavy atom. The largest absolute Gasteiger partial charge is 0.460 e. The third kappa shape index (κ3) is 4.17. The molecule has 0 aromatic heterocycles. The molecule has 4 nitrogen and oxygen atoms in total. The molecule has 0 saturated carbocycles. The van der Waals surface area contributed by atoms with E-state index in [1.54, 1.807) is 0 Å². The van der Waals surface area contributed by atoms with Crippen molar-refractivity contribution in [2.75, 3.05) is 13.2 Å². The molecule has 2 atom stereocenters. The average Bonchev–Trinajstić information content (AvgIpc) is 2.72. The monoisotopic (exact) mass is 350 g/mol. The Labute approximate surface area is 128 Å². The first-order chi connectivity index (χ1) is 10.3. The van der Waals surface area contributed by atoms with E-state index in [0.29, 0.717) is 0 Å². The number of hydrogen-bond acceptors (Lipinski definition) is 4. The van der Waals surface area contributed by atoms with E-state index in [1.165, 1.54) is 6.92 Å². The van der Waals surface area contributed by atoms with Crippen LogP contribution in [0, 0.1) is 5.92 Å². The van der Waals surface area contributed by atoms with E-state index >= 15 is 0 Å². The fraction of sp³-hybridized carbons (Fsp3) is 0.769. The van der Waals surface area contributed by atoms with E-state index < -0.39 is 49.2 Å². The van der Waals surface area contributed by atoms with Crippen LogP contribution in [0.2, 0.25) is 0 Å². The Hall–Kier alpha value is -1.29. The van der Waals surface area contributed by atoms with Crippen molar-refractivity contribution in [3.8, 4) is 0 Å². The summed E-state index contributed by atoms with van der Waals surface area (Å²) in [6, 6.07) is 0. The Kier molecular flexibility index (Phi) is 5.74. The summed E-state index contributed by atoms with van der Waals surface area (Å²) in [4.78, 5) is 11.1. The van der Waals surface area contributed by atoms with E-state index in [9.17, 15) is 31.1 Å². The molecule has 1 saturated heterocycles. The van der Waals surface area contributed by atoms with Crippen molar-refractivity contribution in [2.24, 2.45) is 5.92 Å². The first-order valence-electron chi connectivity index (χ1n) is 6.57. The van der Waals surface area contributed by atoms with Crippen LogP contribution >= 0.6 is 0 Å². The Morgan fingerprint density at radius 1 is 1.22 bits per heavy atom. The molecule has 134 valence electrons. The third-order valence-corrected chi connectivity index (χ3v) is 3.25. The van der Waals surface area contributed by atoms with Gasteiger partial charge < -0.3 is 14.2 Å². The molecule has 2 unspecified atom stereocenters. The highest BCUT2D eigenvalue weighted by atomic mass is 19.4.